The molecule has 1 aromatic carbocycles. The first-order chi connectivity index (χ1) is 9.11. The molecule has 2 unspecified atom stereocenters. The molecule has 0 aliphatic heterocycles. The number of rotatable bonds is 6. The maximum absolute atomic E-state index is 10.2. The molecule has 3 heteroatoms. The van der Waals surface area contributed by atoms with E-state index in [0.29, 0.717) is 25.6 Å². The predicted octanol–water partition coefficient (Wildman–Crippen LogP) is 1.92. The van der Waals surface area contributed by atoms with Crippen LogP contribution in [0.4, 0.5) is 0 Å². The molecule has 1 aliphatic carbocycles. The largest absolute Gasteiger partial charge is 0.389 e. The highest BCUT2D eigenvalue weighted by Crippen LogP contribution is 2.21. The fourth-order valence-corrected chi connectivity index (χ4v) is 2.65. The first-order valence-electron chi connectivity index (χ1n) is 7.12. The molecule has 0 fully saturated rings. The molecule has 0 bridgehead atoms. The van der Waals surface area contributed by atoms with Crippen LogP contribution < -0.4 is 5.32 Å². The molecule has 0 radical (unpaired) electrons. The highest BCUT2D eigenvalue weighted by Gasteiger charge is 2.23. The van der Waals surface area contributed by atoms with E-state index in [0.717, 1.165) is 19.3 Å². The Morgan fingerprint density at radius 3 is 2.84 bits per heavy atom. The fraction of sp³-hybridized carbons (Fsp3) is 0.625. The van der Waals surface area contributed by atoms with Gasteiger partial charge in [-0.2, -0.15) is 0 Å². The van der Waals surface area contributed by atoms with Gasteiger partial charge in [0, 0.05) is 32.7 Å². The lowest BCUT2D eigenvalue weighted by molar-refractivity contribution is 0.0224. The molecule has 2 rings (SSSR count). The van der Waals surface area contributed by atoms with E-state index >= 15 is 0 Å². The van der Waals surface area contributed by atoms with Crippen molar-refractivity contribution >= 4 is 0 Å². The number of hydrogen-bond acceptors (Lipinski definition) is 3. The van der Waals surface area contributed by atoms with Gasteiger partial charge in [-0.1, -0.05) is 24.3 Å². The Morgan fingerprint density at radius 1 is 1.37 bits per heavy atom. The summed E-state index contributed by atoms with van der Waals surface area (Å²) >= 11 is 0. The molecule has 1 aliphatic rings. The summed E-state index contributed by atoms with van der Waals surface area (Å²) in [5, 5.41) is 13.7. The second-order valence-corrected chi connectivity index (χ2v) is 5.83. The minimum Gasteiger partial charge on any atom is -0.389 e. The Labute approximate surface area is 116 Å². The normalized spacial score (nSPS) is 21.7. The van der Waals surface area contributed by atoms with E-state index < -0.39 is 5.60 Å². The highest BCUT2D eigenvalue weighted by atomic mass is 16.5. The summed E-state index contributed by atoms with van der Waals surface area (Å²) in [6.07, 6.45) is 4.02. The molecule has 106 valence electrons. The van der Waals surface area contributed by atoms with Crippen molar-refractivity contribution in [1.29, 1.82) is 0 Å². The van der Waals surface area contributed by atoms with Crippen molar-refractivity contribution < 1.29 is 9.84 Å². The lowest BCUT2D eigenvalue weighted by Crippen LogP contribution is -2.45. The second kappa shape index (κ2) is 6.51. The Kier molecular flexibility index (Phi) is 4.97. The number of benzene rings is 1. The van der Waals surface area contributed by atoms with Crippen LogP contribution in [0.3, 0.4) is 0 Å². The van der Waals surface area contributed by atoms with Gasteiger partial charge >= 0.3 is 0 Å². The lowest BCUT2D eigenvalue weighted by Gasteiger charge is -2.30. The van der Waals surface area contributed by atoms with Crippen LogP contribution in [-0.2, 0) is 17.6 Å². The third kappa shape index (κ3) is 4.30. The Hall–Kier alpha value is -0.900. The first kappa shape index (κ1) is 14.5. The van der Waals surface area contributed by atoms with Crippen LogP contribution in [0, 0.1) is 0 Å². The zero-order valence-corrected chi connectivity index (χ0v) is 12.0. The number of ether oxygens (including phenoxy) is 1. The molecular weight excluding hydrogens is 238 g/mol. The fourth-order valence-electron chi connectivity index (χ4n) is 2.65. The van der Waals surface area contributed by atoms with Crippen molar-refractivity contribution in [2.75, 3.05) is 20.3 Å². The summed E-state index contributed by atoms with van der Waals surface area (Å²) in [6, 6.07) is 9.13. The van der Waals surface area contributed by atoms with Crippen molar-refractivity contribution in [2.45, 2.75) is 44.2 Å². The molecule has 0 spiro atoms. The maximum Gasteiger partial charge on any atom is 0.0765 e. The van der Waals surface area contributed by atoms with Crippen molar-refractivity contribution in [3.05, 3.63) is 35.4 Å². The molecule has 1 aromatic rings. The number of fused-ring (bicyclic) bond motifs is 1. The predicted molar refractivity (Wildman–Crippen MR) is 77.4 cm³/mol. The average Bonchev–Trinajstić information content (AvgIpc) is 2.43. The maximum atomic E-state index is 10.2. The number of methoxy groups -OCH3 is 1. The quantitative estimate of drug-likeness (QED) is 0.824. The molecule has 2 atom stereocenters. The van der Waals surface area contributed by atoms with E-state index in [-0.39, 0.29) is 0 Å². The van der Waals surface area contributed by atoms with E-state index in [4.69, 9.17) is 4.74 Å². The second-order valence-electron chi connectivity index (χ2n) is 5.83. The average molecular weight is 263 g/mol. The zero-order chi connectivity index (χ0) is 13.7. The van der Waals surface area contributed by atoms with Gasteiger partial charge < -0.3 is 15.2 Å². The van der Waals surface area contributed by atoms with Crippen LogP contribution in [0.5, 0.6) is 0 Å². The topological polar surface area (TPSA) is 41.5 Å². The summed E-state index contributed by atoms with van der Waals surface area (Å²) in [7, 11) is 1.67. The SMILES string of the molecule is COCCC(C)(O)CNC1CCc2ccccc2C1. The summed E-state index contributed by atoms with van der Waals surface area (Å²) in [6.45, 7) is 3.10. The van der Waals surface area contributed by atoms with E-state index in [1.54, 1.807) is 7.11 Å². The number of aliphatic hydroxyl groups is 1. The van der Waals surface area contributed by atoms with E-state index in [9.17, 15) is 5.11 Å². The van der Waals surface area contributed by atoms with Gasteiger partial charge in [0.25, 0.3) is 0 Å². The van der Waals surface area contributed by atoms with Crippen molar-refractivity contribution in [2.24, 2.45) is 0 Å². The molecule has 0 aromatic heterocycles. The van der Waals surface area contributed by atoms with Crippen molar-refractivity contribution in [3.63, 3.8) is 0 Å². The summed E-state index contributed by atoms with van der Waals surface area (Å²) in [5.41, 5.74) is 2.24. The molecule has 0 saturated carbocycles. The Balaban J connectivity index is 1.82. The zero-order valence-electron chi connectivity index (χ0n) is 12.0. The molecule has 19 heavy (non-hydrogen) atoms. The van der Waals surface area contributed by atoms with E-state index in [1.165, 1.54) is 11.1 Å². The van der Waals surface area contributed by atoms with Gasteiger partial charge in [0.15, 0.2) is 0 Å². The number of hydrogen-bond donors (Lipinski definition) is 2. The smallest absolute Gasteiger partial charge is 0.0765 e. The van der Waals surface area contributed by atoms with Crippen molar-refractivity contribution in [1.82, 2.24) is 5.32 Å². The van der Waals surface area contributed by atoms with Gasteiger partial charge in [0.1, 0.15) is 0 Å². The number of aryl methyl sites for hydroxylation is 1. The molecule has 0 amide bonds. The van der Waals surface area contributed by atoms with Gasteiger partial charge in [0.2, 0.25) is 0 Å². The molecule has 2 N–H and O–H groups in total. The van der Waals surface area contributed by atoms with Crippen LogP contribution in [0.1, 0.15) is 30.9 Å². The minimum atomic E-state index is -0.688. The molecule has 0 saturated heterocycles. The first-order valence-corrected chi connectivity index (χ1v) is 7.12. The van der Waals surface area contributed by atoms with E-state index in [1.807, 2.05) is 6.92 Å². The van der Waals surface area contributed by atoms with Crippen LogP contribution in [0.25, 0.3) is 0 Å². The van der Waals surface area contributed by atoms with Crippen LogP contribution in [0.2, 0.25) is 0 Å². The number of nitrogens with one attached hydrogen (secondary N) is 1. The van der Waals surface area contributed by atoms with Crippen molar-refractivity contribution in [3.8, 4) is 0 Å². The van der Waals surface area contributed by atoms with Crippen LogP contribution >= 0.6 is 0 Å². The van der Waals surface area contributed by atoms with Gasteiger partial charge in [-0.3, -0.25) is 0 Å². The highest BCUT2D eigenvalue weighted by molar-refractivity contribution is 5.30. The third-order valence-electron chi connectivity index (χ3n) is 3.96. The van der Waals surface area contributed by atoms with Crippen LogP contribution in [0.15, 0.2) is 24.3 Å². The van der Waals surface area contributed by atoms with E-state index in [2.05, 4.69) is 29.6 Å². The standard InChI is InChI=1S/C16H25NO2/c1-16(18,9-10-19-2)12-17-15-8-7-13-5-3-4-6-14(13)11-15/h3-6,15,17-18H,7-12H2,1-2H3. The van der Waals surface area contributed by atoms with Gasteiger partial charge in [-0.15, -0.1) is 0 Å². The summed E-state index contributed by atoms with van der Waals surface area (Å²) < 4.78 is 5.03. The van der Waals surface area contributed by atoms with Gasteiger partial charge in [-0.05, 0) is 37.3 Å². The lowest BCUT2D eigenvalue weighted by atomic mass is 9.88. The molecule has 3 nitrogen and oxygen atoms in total. The Morgan fingerprint density at radius 2 is 2.11 bits per heavy atom. The monoisotopic (exact) mass is 263 g/mol. The molecular formula is C16H25NO2. The van der Waals surface area contributed by atoms with Gasteiger partial charge in [-0.25, -0.2) is 0 Å². The Bertz CT molecular complexity index is 403. The minimum absolute atomic E-state index is 0.476. The van der Waals surface area contributed by atoms with Gasteiger partial charge in [0.05, 0.1) is 5.60 Å². The van der Waals surface area contributed by atoms with Crippen LogP contribution in [-0.4, -0.2) is 37.0 Å². The molecule has 0 heterocycles. The summed E-state index contributed by atoms with van der Waals surface area (Å²) in [5.74, 6) is 0. The third-order valence-corrected chi connectivity index (χ3v) is 3.96. The summed E-state index contributed by atoms with van der Waals surface area (Å²) in [4.78, 5) is 0.